The highest BCUT2D eigenvalue weighted by atomic mass is 32.1. The SMILES string of the molecule is C=CCOC(=O)c1sc(N2C(=O)C(=O)C(=C(O)c3ccc(OCCC)cc3)C2c2cccc(OCc3ccccc3)c2)nc1C. The van der Waals surface area contributed by atoms with E-state index in [4.69, 9.17) is 14.2 Å². The van der Waals surface area contributed by atoms with Crippen molar-refractivity contribution in [1.82, 2.24) is 4.98 Å². The van der Waals surface area contributed by atoms with Gasteiger partial charge in [-0.15, -0.1) is 0 Å². The lowest BCUT2D eigenvalue weighted by atomic mass is 9.95. The summed E-state index contributed by atoms with van der Waals surface area (Å²) in [4.78, 5) is 45.9. The summed E-state index contributed by atoms with van der Waals surface area (Å²) in [7, 11) is 0. The molecule has 9 nitrogen and oxygen atoms in total. The predicted octanol–water partition coefficient (Wildman–Crippen LogP) is 6.79. The Morgan fingerprint density at radius 1 is 1.02 bits per heavy atom. The van der Waals surface area contributed by atoms with Crippen molar-refractivity contribution in [2.75, 3.05) is 18.1 Å². The number of carbonyl (C=O) groups is 3. The molecule has 1 saturated heterocycles. The summed E-state index contributed by atoms with van der Waals surface area (Å²) in [6, 6.07) is 22.2. The third-order valence-corrected chi connectivity index (χ3v) is 8.11. The van der Waals surface area contributed by atoms with Crippen molar-refractivity contribution in [3.05, 3.63) is 124 Å². The molecule has 2 heterocycles. The molecular weight excluding hydrogens is 592 g/mol. The number of aromatic nitrogens is 1. The van der Waals surface area contributed by atoms with Crippen LogP contribution >= 0.6 is 11.3 Å². The molecule has 45 heavy (non-hydrogen) atoms. The van der Waals surface area contributed by atoms with Gasteiger partial charge < -0.3 is 19.3 Å². The fourth-order valence-electron chi connectivity index (χ4n) is 4.82. The summed E-state index contributed by atoms with van der Waals surface area (Å²) < 4.78 is 16.9. The summed E-state index contributed by atoms with van der Waals surface area (Å²) in [5.74, 6) is -1.63. The highest BCUT2D eigenvalue weighted by Crippen LogP contribution is 2.44. The number of aryl methyl sites for hydroxylation is 1. The van der Waals surface area contributed by atoms with Gasteiger partial charge >= 0.3 is 11.9 Å². The van der Waals surface area contributed by atoms with E-state index < -0.39 is 23.7 Å². The molecule has 1 amide bonds. The van der Waals surface area contributed by atoms with Crippen LogP contribution in [-0.4, -0.2) is 41.0 Å². The minimum atomic E-state index is -1.07. The van der Waals surface area contributed by atoms with Gasteiger partial charge in [-0.05, 0) is 60.9 Å². The Balaban J connectivity index is 1.58. The molecule has 0 aliphatic carbocycles. The second kappa shape index (κ2) is 14.0. The van der Waals surface area contributed by atoms with E-state index in [1.165, 1.54) is 11.0 Å². The zero-order chi connectivity index (χ0) is 31.9. The van der Waals surface area contributed by atoms with Crippen LogP contribution in [0.5, 0.6) is 11.5 Å². The first-order chi connectivity index (χ1) is 21.8. The number of esters is 1. The number of anilines is 1. The maximum atomic E-state index is 13.7. The number of carbonyl (C=O) groups excluding carboxylic acids is 3. The van der Waals surface area contributed by atoms with Crippen LogP contribution in [0.4, 0.5) is 5.13 Å². The van der Waals surface area contributed by atoms with Crippen LogP contribution in [0, 0.1) is 6.92 Å². The number of hydrogen-bond acceptors (Lipinski definition) is 9. The van der Waals surface area contributed by atoms with E-state index in [-0.39, 0.29) is 27.9 Å². The van der Waals surface area contributed by atoms with Crippen molar-refractivity contribution in [3.63, 3.8) is 0 Å². The number of amides is 1. The summed E-state index contributed by atoms with van der Waals surface area (Å²) in [6.45, 7) is 8.03. The number of Topliss-reactive ketones (excluding diaryl/α,β-unsaturated/α-hetero) is 1. The van der Waals surface area contributed by atoms with Gasteiger partial charge in [0.2, 0.25) is 0 Å². The number of rotatable bonds is 12. The normalized spacial score (nSPS) is 15.6. The minimum Gasteiger partial charge on any atom is -0.507 e. The molecule has 230 valence electrons. The number of nitrogens with zero attached hydrogens (tertiary/aromatic N) is 2. The van der Waals surface area contributed by atoms with E-state index in [0.29, 0.717) is 41.5 Å². The quantitative estimate of drug-likeness (QED) is 0.0603. The van der Waals surface area contributed by atoms with Crippen LogP contribution < -0.4 is 14.4 Å². The average Bonchev–Trinajstić information content (AvgIpc) is 3.58. The van der Waals surface area contributed by atoms with Crippen LogP contribution in [0.25, 0.3) is 5.76 Å². The zero-order valence-corrected chi connectivity index (χ0v) is 25.7. The van der Waals surface area contributed by atoms with Crippen LogP contribution in [0.15, 0.2) is 97.1 Å². The van der Waals surface area contributed by atoms with Crippen molar-refractivity contribution in [1.29, 1.82) is 0 Å². The van der Waals surface area contributed by atoms with Crippen LogP contribution in [0.3, 0.4) is 0 Å². The molecule has 0 radical (unpaired) electrons. The van der Waals surface area contributed by atoms with Gasteiger partial charge in [0.25, 0.3) is 5.78 Å². The third kappa shape index (κ3) is 6.81. The van der Waals surface area contributed by atoms with Gasteiger partial charge in [0.1, 0.15) is 35.3 Å². The number of thiazole rings is 1. The highest BCUT2D eigenvalue weighted by molar-refractivity contribution is 7.17. The van der Waals surface area contributed by atoms with Crippen molar-refractivity contribution < 1.29 is 33.7 Å². The van der Waals surface area contributed by atoms with Gasteiger partial charge in [0.05, 0.1) is 23.9 Å². The number of hydrogen-bond donors (Lipinski definition) is 1. The Morgan fingerprint density at radius 3 is 2.49 bits per heavy atom. The minimum absolute atomic E-state index is 0.00800. The summed E-state index contributed by atoms with van der Waals surface area (Å²) in [5, 5.41) is 11.7. The van der Waals surface area contributed by atoms with Crippen LogP contribution in [0.1, 0.15) is 51.4 Å². The van der Waals surface area contributed by atoms with Gasteiger partial charge in [-0.3, -0.25) is 14.5 Å². The predicted molar refractivity (Wildman–Crippen MR) is 172 cm³/mol. The second-order valence-electron chi connectivity index (χ2n) is 10.2. The molecule has 3 aromatic carbocycles. The van der Waals surface area contributed by atoms with Gasteiger partial charge in [-0.25, -0.2) is 9.78 Å². The van der Waals surface area contributed by atoms with Gasteiger partial charge in [0, 0.05) is 5.56 Å². The first-order valence-electron chi connectivity index (χ1n) is 14.4. The maximum Gasteiger partial charge on any atom is 0.350 e. The summed E-state index contributed by atoms with van der Waals surface area (Å²) in [6.07, 6.45) is 2.28. The molecule has 0 bridgehead atoms. The molecular formula is C35H32N2O7S. The lowest BCUT2D eigenvalue weighted by Gasteiger charge is -2.23. The summed E-state index contributed by atoms with van der Waals surface area (Å²) in [5.41, 5.74) is 2.03. The zero-order valence-electron chi connectivity index (χ0n) is 24.9. The third-order valence-electron chi connectivity index (χ3n) is 6.98. The van der Waals surface area contributed by atoms with Crippen molar-refractivity contribution in [3.8, 4) is 11.5 Å². The van der Waals surface area contributed by atoms with Crippen LogP contribution in [0.2, 0.25) is 0 Å². The van der Waals surface area contributed by atoms with Crippen molar-refractivity contribution in [2.24, 2.45) is 0 Å². The average molecular weight is 625 g/mol. The molecule has 1 fully saturated rings. The smallest absolute Gasteiger partial charge is 0.350 e. The largest absolute Gasteiger partial charge is 0.507 e. The highest BCUT2D eigenvalue weighted by Gasteiger charge is 2.48. The molecule has 5 rings (SSSR count). The Bertz CT molecular complexity index is 1750. The number of ketones is 1. The van der Waals surface area contributed by atoms with E-state index in [9.17, 15) is 19.5 Å². The standard InChI is InChI=1S/C35H32N2O7S/c1-4-18-42-26-16-14-24(15-17-26)30(38)28-29(25-12-9-13-27(20-25)44-21-23-10-7-6-8-11-23)37(33(40)31(28)39)35-36-22(3)32(45-35)34(41)43-19-5-2/h5-17,20,29,38H,2,4,18-19,21H2,1,3H3. The fourth-order valence-corrected chi connectivity index (χ4v) is 5.81. The second-order valence-corrected chi connectivity index (χ2v) is 11.2. The van der Waals surface area contributed by atoms with Gasteiger partial charge in [-0.1, -0.05) is 73.4 Å². The van der Waals surface area contributed by atoms with E-state index in [1.54, 1.807) is 55.5 Å². The van der Waals surface area contributed by atoms with Gasteiger partial charge in [-0.2, -0.15) is 0 Å². The van der Waals surface area contributed by atoms with E-state index in [0.717, 1.165) is 23.3 Å². The molecule has 0 saturated carbocycles. The van der Waals surface area contributed by atoms with Crippen LogP contribution in [-0.2, 0) is 20.9 Å². The number of ether oxygens (including phenoxy) is 3. The van der Waals surface area contributed by atoms with Gasteiger partial charge in [0.15, 0.2) is 5.13 Å². The topological polar surface area (TPSA) is 115 Å². The number of aliphatic hydroxyl groups excluding tert-OH is 1. The van der Waals surface area contributed by atoms with E-state index >= 15 is 0 Å². The molecule has 1 unspecified atom stereocenters. The van der Waals surface area contributed by atoms with Crippen molar-refractivity contribution >= 4 is 39.9 Å². The first kappa shape index (κ1) is 31.2. The Hall–Kier alpha value is -5.22. The molecule has 1 aromatic heterocycles. The lowest BCUT2D eigenvalue weighted by Crippen LogP contribution is -2.29. The van der Waals surface area contributed by atoms with E-state index in [2.05, 4.69) is 11.6 Å². The molecule has 1 aliphatic rings. The lowest BCUT2D eigenvalue weighted by molar-refractivity contribution is -0.132. The first-order valence-corrected chi connectivity index (χ1v) is 15.2. The molecule has 1 N–H and O–H groups in total. The van der Waals surface area contributed by atoms with E-state index in [1.807, 2.05) is 37.3 Å². The molecule has 0 spiro atoms. The Morgan fingerprint density at radius 2 is 1.78 bits per heavy atom. The molecule has 10 heteroatoms. The molecule has 4 aromatic rings. The fraction of sp³-hybridized carbons (Fsp3) is 0.200. The monoisotopic (exact) mass is 624 g/mol. The molecule has 1 atom stereocenters. The molecule has 1 aliphatic heterocycles. The maximum absolute atomic E-state index is 13.7. The Kier molecular flexibility index (Phi) is 9.74. The Labute approximate surface area is 265 Å². The number of aliphatic hydroxyl groups is 1. The van der Waals surface area contributed by atoms with Crippen molar-refractivity contribution in [2.45, 2.75) is 32.9 Å². The summed E-state index contributed by atoms with van der Waals surface area (Å²) >= 11 is 0.931. The number of benzene rings is 3.